The SMILES string of the molecule is C#CCN(Cc1ccc2nc(N)[nH]c(=O)c2c1)c1ccc(C(=O)N[C@@H](CCC(=O)OSSCCC(=O)N[C@@H](C)C(=O)N[C@@H](C)C(=O)N[C@@H](C)C(=O)N[C@@H](CNC(C)C)C(=O)O)C(=O)O)cc1. The van der Waals surface area contributed by atoms with E-state index in [0.717, 1.165) is 16.4 Å². The molecule has 0 spiro atoms. The number of carboxylic acids is 2. The van der Waals surface area contributed by atoms with Crippen molar-refractivity contribution in [3.8, 4) is 12.3 Å². The minimum absolute atomic E-state index is 0.00222. The zero-order chi connectivity index (χ0) is 49.1. The van der Waals surface area contributed by atoms with Crippen molar-refractivity contribution in [3.63, 3.8) is 0 Å². The van der Waals surface area contributed by atoms with Crippen LogP contribution in [-0.4, -0.2) is 123 Å². The number of rotatable bonds is 26. The van der Waals surface area contributed by atoms with Crippen LogP contribution in [0, 0.1) is 12.3 Å². The highest BCUT2D eigenvalue weighted by molar-refractivity contribution is 8.75. The largest absolute Gasteiger partial charge is 0.480 e. The Hall–Kier alpha value is -6.84. The molecule has 2 aromatic carbocycles. The molecule has 5 amide bonds. The fourth-order valence-electron chi connectivity index (χ4n) is 5.77. The predicted molar refractivity (Wildman–Crippen MR) is 248 cm³/mol. The van der Waals surface area contributed by atoms with E-state index in [4.69, 9.17) is 16.3 Å². The third-order valence-electron chi connectivity index (χ3n) is 9.39. The van der Waals surface area contributed by atoms with Crippen LogP contribution in [0.5, 0.6) is 0 Å². The number of hydrogen-bond acceptors (Lipinski definition) is 16. The van der Waals surface area contributed by atoms with Gasteiger partial charge in [0.2, 0.25) is 29.6 Å². The maximum absolute atomic E-state index is 13.0. The standard InChI is InChI=1S/C42H54N10O12S2/c1-7-17-52(21-26-8-13-30-29(19-26)39(59)51-42(43)50-30)28-11-9-27(10-12-28)38(58)48-31(40(60)61)14-15-34(54)64-66-65-18-16-33(53)45-23(4)35(55)46-24(5)36(56)47-25(6)37(57)49-32(41(62)63)20-44-22(2)3/h1,8-13,19,22-25,31-32,44H,14-18,20-21H2,2-6H3,(H,45,53)(H,46,55)(H,47,56)(H,48,58)(H,49,57)(H,60,61)(H,62,63)(H3,43,50,51,59)/t23-,24-,25-,31-,32-/m0/s1. The Morgan fingerprint density at radius 2 is 1.44 bits per heavy atom. The summed E-state index contributed by atoms with van der Waals surface area (Å²) in [5.74, 6) is -4.04. The third-order valence-corrected chi connectivity index (χ3v) is 11.1. The number of carboxylic acid groups (broad SMARTS) is 2. The molecule has 1 aromatic heterocycles. The van der Waals surface area contributed by atoms with E-state index < -0.39 is 77.7 Å². The average Bonchev–Trinajstić information content (AvgIpc) is 3.25. The van der Waals surface area contributed by atoms with Crippen molar-refractivity contribution in [3.05, 3.63) is 63.9 Å². The molecule has 0 unspecified atom stereocenters. The van der Waals surface area contributed by atoms with Crippen molar-refractivity contribution in [1.82, 2.24) is 41.9 Å². The molecule has 3 aromatic rings. The molecule has 0 saturated carbocycles. The number of aromatic nitrogens is 2. The molecule has 0 aliphatic carbocycles. The summed E-state index contributed by atoms with van der Waals surface area (Å²) in [6.45, 7) is 8.21. The van der Waals surface area contributed by atoms with Gasteiger partial charge >= 0.3 is 17.9 Å². The number of hydrogen-bond donors (Lipinski definition) is 10. The van der Waals surface area contributed by atoms with Crippen LogP contribution >= 0.6 is 21.9 Å². The van der Waals surface area contributed by atoms with E-state index in [1.165, 1.54) is 32.9 Å². The molecule has 0 bridgehead atoms. The number of benzene rings is 2. The molecule has 356 valence electrons. The lowest BCUT2D eigenvalue weighted by Crippen LogP contribution is -2.57. The Kier molecular flexibility index (Phi) is 21.2. The highest BCUT2D eigenvalue weighted by Gasteiger charge is 2.27. The van der Waals surface area contributed by atoms with Crippen molar-refractivity contribution in [2.24, 2.45) is 0 Å². The molecular weight excluding hydrogens is 901 g/mol. The Morgan fingerprint density at radius 1 is 0.833 bits per heavy atom. The number of nitrogens with one attached hydrogen (secondary N) is 7. The molecule has 0 radical (unpaired) electrons. The number of carbonyl (C=O) groups is 8. The highest BCUT2D eigenvalue weighted by atomic mass is 33.1. The molecule has 5 atom stereocenters. The molecule has 1 heterocycles. The summed E-state index contributed by atoms with van der Waals surface area (Å²) < 4.78 is 5.05. The summed E-state index contributed by atoms with van der Waals surface area (Å²) in [6.07, 6.45) is 4.89. The number of H-pyrrole nitrogens is 1. The lowest BCUT2D eigenvalue weighted by Gasteiger charge is -2.23. The van der Waals surface area contributed by atoms with Gasteiger partial charge in [-0.25, -0.2) is 14.6 Å². The first-order chi connectivity index (χ1) is 31.2. The van der Waals surface area contributed by atoms with Crippen molar-refractivity contribution >= 4 is 91.9 Å². The quantitative estimate of drug-likeness (QED) is 0.0226. The van der Waals surface area contributed by atoms with Crippen LogP contribution in [0.25, 0.3) is 10.9 Å². The lowest BCUT2D eigenvalue weighted by atomic mass is 10.1. The number of fused-ring (bicyclic) bond motifs is 1. The minimum Gasteiger partial charge on any atom is -0.480 e. The molecule has 0 fully saturated rings. The van der Waals surface area contributed by atoms with Crippen LogP contribution in [0.15, 0.2) is 47.3 Å². The van der Waals surface area contributed by atoms with Crippen LogP contribution in [0.3, 0.4) is 0 Å². The normalized spacial score (nSPS) is 13.2. The van der Waals surface area contributed by atoms with E-state index >= 15 is 0 Å². The smallest absolute Gasteiger partial charge is 0.327 e. The fraction of sp³-hybridized carbons (Fsp3) is 0.429. The number of nitrogen functional groups attached to an aromatic ring is 1. The van der Waals surface area contributed by atoms with Crippen LogP contribution in [-0.2, 0) is 44.3 Å². The summed E-state index contributed by atoms with van der Waals surface area (Å²) in [5, 5.41) is 34.4. The van der Waals surface area contributed by atoms with Crippen molar-refractivity contribution in [2.75, 3.05) is 29.5 Å². The van der Waals surface area contributed by atoms with Gasteiger partial charge in [-0.15, -0.1) is 6.42 Å². The van der Waals surface area contributed by atoms with Gasteiger partial charge < -0.3 is 56.9 Å². The molecule has 11 N–H and O–H groups in total. The monoisotopic (exact) mass is 954 g/mol. The van der Waals surface area contributed by atoms with Crippen molar-refractivity contribution < 1.29 is 52.8 Å². The van der Waals surface area contributed by atoms with Gasteiger partial charge in [-0.2, -0.15) is 0 Å². The van der Waals surface area contributed by atoms with Crippen LogP contribution < -0.4 is 48.1 Å². The Balaban J connectivity index is 1.37. The molecule has 66 heavy (non-hydrogen) atoms. The third kappa shape index (κ3) is 17.6. The topological polar surface area (TPSA) is 333 Å². The second-order valence-corrected chi connectivity index (χ2v) is 17.2. The Labute approximate surface area is 387 Å². The van der Waals surface area contributed by atoms with Gasteiger partial charge in [0.15, 0.2) is 0 Å². The van der Waals surface area contributed by atoms with Crippen LogP contribution in [0.1, 0.15) is 69.8 Å². The van der Waals surface area contributed by atoms with Gasteiger partial charge in [0.05, 0.1) is 17.4 Å². The first kappa shape index (κ1) is 53.5. The van der Waals surface area contributed by atoms with E-state index in [-0.39, 0.29) is 61.2 Å². The van der Waals surface area contributed by atoms with Crippen LogP contribution in [0.4, 0.5) is 11.6 Å². The fourth-order valence-corrected chi connectivity index (χ4v) is 7.14. The minimum atomic E-state index is -1.42. The summed E-state index contributed by atoms with van der Waals surface area (Å²) in [4.78, 5) is 120. The molecule has 24 heteroatoms. The van der Waals surface area contributed by atoms with Gasteiger partial charge in [0.25, 0.3) is 11.5 Å². The van der Waals surface area contributed by atoms with Gasteiger partial charge in [-0.3, -0.25) is 38.5 Å². The van der Waals surface area contributed by atoms with Crippen LogP contribution in [0.2, 0.25) is 0 Å². The molecule has 3 rings (SSSR count). The number of nitrogens with two attached hydrogens (primary N) is 1. The number of amides is 5. The summed E-state index contributed by atoms with van der Waals surface area (Å²) in [5.41, 5.74) is 7.24. The van der Waals surface area contributed by atoms with Gasteiger partial charge in [-0.05, 0) is 69.2 Å². The molecule has 22 nitrogen and oxygen atoms in total. The Morgan fingerprint density at radius 3 is 2.03 bits per heavy atom. The zero-order valence-corrected chi connectivity index (χ0v) is 38.4. The van der Waals surface area contributed by atoms with Gasteiger partial charge in [0.1, 0.15) is 41.3 Å². The maximum Gasteiger partial charge on any atom is 0.327 e. The molecule has 0 saturated heterocycles. The number of carbonyl (C=O) groups excluding carboxylic acids is 6. The zero-order valence-electron chi connectivity index (χ0n) is 36.8. The second-order valence-electron chi connectivity index (χ2n) is 15.1. The average molecular weight is 955 g/mol. The number of anilines is 2. The second kappa shape index (κ2) is 26.2. The first-order valence-corrected chi connectivity index (χ1v) is 22.7. The number of aliphatic carboxylic acids is 2. The summed E-state index contributed by atoms with van der Waals surface area (Å²) in [6, 6.07) is 5.43. The number of aromatic amines is 1. The van der Waals surface area contributed by atoms with Crippen molar-refractivity contribution in [2.45, 2.75) is 96.7 Å². The number of nitrogens with zero attached hydrogens (tertiary/aromatic N) is 2. The lowest BCUT2D eigenvalue weighted by molar-refractivity contribution is -0.142. The van der Waals surface area contributed by atoms with Crippen molar-refractivity contribution in [1.29, 1.82) is 0 Å². The predicted octanol–water partition coefficient (Wildman–Crippen LogP) is 0.420. The van der Waals surface area contributed by atoms with E-state index in [2.05, 4.69) is 47.8 Å². The maximum atomic E-state index is 13.0. The number of terminal acetylenes is 1. The van der Waals surface area contributed by atoms with Gasteiger partial charge in [-0.1, -0.05) is 36.6 Å². The Bertz CT molecular complexity index is 2340. The molecule has 0 aliphatic heterocycles. The molecular formula is C42H54N10O12S2. The van der Waals surface area contributed by atoms with E-state index in [9.17, 15) is 53.4 Å². The summed E-state index contributed by atoms with van der Waals surface area (Å²) in [7, 11) is 1.00. The van der Waals surface area contributed by atoms with E-state index in [1.54, 1.807) is 30.3 Å². The van der Waals surface area contributed by atoms with E-state index in [0.29, 0.717) is 34.2 Å². The van der Waals surface area contributed by atoms with E-state index in [1.807, 2.05) is 18.7 Å². The summed E-state index contributed by atoms with van der Waals surface area (Å²) >= 11 is 0.663. The first-order valence-electron chi connectivity index (χ1n) is 20.4. The highest BCUT2D eigenvalue weighted by Crippen LogP contribution is 2.24. The van der Waals surface area contributed by atoms with Gasteiger partial charge in [0, 0.05) is 49.0 Å². The molecule has 0 aliphatic rings.